The Bertz CT molecular complexity index is 2400. The molecule has 0 radical (unpaired) electrons. The first-order chi connectivity index (χ1) is 27.6. The SMILES string of the molecule is O=P(/C(=C(\C(=C(\c1ccccc1)P(=O)(c1ccccc1)c1ccccc1)c1ccccc1)c1ccccc1)c1ccccc1)(c1ccccc1)c1ccccc1. The topological polar surface area (TPSA) is 34.1 Å². The summed E-state index contributed by atoms with van der Waals surface area (Å²) in [7, 11) is -7.45. The van der Waals surface area contributed by atoms with Crippen LogP contribution in [0.2, 0.25) is 0 Å². The molecule has 0 aliphatic heterocycles. The van der Waals surface area contributed by atoms with Crippen molar-refractivity contribution in [1.82, 2.24) is 0 Å². The maximum Gasteiger partial charge on any atom is 0.172 e. The lowest BCUT2D eigenvalue weighted by atomic mass is 9.89. The lowest BCUT2D eigenvalue weighted by molar-refractivity contribution is 0.592. The molecule has 0 aliphatic rings. The van der Waals surface area contributed by atoms with Crippen LogP contribution in [0, 0.1) is 0 Å². The molecule has 270 valence electrons. The normalized spacial score (nSPS) is 12.6. The zero-order valence-electron chi connectivity index (χ0n) is 30.8. The Hall–Kier alpha value is -6.30. The molecule has 2 nitrogen and oxygen atoms in total. The van der Waals surface area contributed by atoms with Crippen molar-refractivity contribution in [2.24, 2.45) is 0 Å². The van der Waals surface area contributed by atoms with E-state index in [0.717, 1.165) is 33.4 Å². The number of benzene rings is 8. The lowest BCUT2D eigenvalue weighted by Crippen LogP contribution is -2.20. The summed E-state index contributed by atoms with van der Waals surface area (Å²) in [6.45, 7) is 0. The summed E-state index contributed by atoms with van der Waals surface area (Å²) >= 11 is 0. The third kappa shape index (κ3) is 7.02. The third-order valence-corrected chi connectivity index (χ3v) is 16.4. The Labute approximate surface area is 329 Å². The summed E-state index contributed by atoms with van der Waals surface area (Å²) < 4.78 is 34.1. The molecule has 8 aromatic carbocycles. The zero-order chi connectivity index (χ0) is 38.2. The molecule has 0 unspecified atom stereocenters. The second-order valence-electron chi connectivity index (χ2n) is 13.5. The van der Waals surface area contributed by atoms with Crippen LogP contribution in [0.5, 0.6) is 0 Å². The summed E-state index contributed by atoms with van der Waals surface area (Å²) in [5.41, 5.74) is 4.86. The molecular weight excluding hydrogens is 719 g/mol. The molecule has 0 saturated heterocycles. The first-order valence-electron chi connectivity index (χ1n) is 18.7. The Morgan fingerprint density at radius 1 is 0.232 bits per heavy atom. The van der Waals surface area contributed by atoms with Crippen molar-refractivity contribution in [1.29, 1.82) is 0 Å². The maximum absolute atomic E-state index is 17.1. The van der Waals surface area contributed by atoms with Gasteiger partial charge >= 0.3 is 0 Å². The van der Waals surface area contributed by atoms with E-state index in [-0.39, 0.29) is 0 Å². The van der Waals surface area contributed by atoms with Gasteiger partial charge in [0.1, 0.15) is 0 Å². The Kier molecular flexibility index (Phi) is 10.9. The molecule has 0 fully saturated rings. The summed E-state index contributed by atoms with van der Waals surface area (Å²) in [5.74, 6) is 0. The van der Waals surface area contributed by atoms with Crippen molar-refractivity contribution in [2.45, 2.75) is 0 Å². The van der Waals surface area contributed by atoms with E-state index in [0.29, 0.717) is 31.8 Å². The van der Waals surface area contributed by atoms with E-state index in [1.807, 2.05) is 194 Å². The highest BCUT2D eigenvalue weighted by Gasteiger charge is 2.41. The zero-order valence-corrected chi connectivity index (χ0v) is 32.6. The second kappa shape index (κ2) is 16.6. The van der Waals surface area contributed by atoms with Crippen LogP contribution < -0.4 is 21.2 Å². The van der Waals surface area contributed by atoms with Crippen LogP contribution in [-0.4, -0.2) is 0 Å². The highest BCUT2D eigenvalue weighted by molar-refractivity contribution is 7.88. The van der Waals surface area contributed by atoms with Crippen molar-refractivity contribution >= 4 is 57.3 Å². The van der Waals surface area contributed by atoms with Crippen molar-refractivity contribution in [3.8, 4) is 0 Å². The van der Waals surface area contributed by atoms with E-state index in [9.17, 15) is 0 Å². The Morgan fingerprint density at radius 3 is 0.625 bits per heavy atom. The van der Waals surface area contributed by atoms with Gasteiger partial charge in [0, 0.05) is 43.0 Å². The minimum Gasteiger partial charge on any atom is -0.309 e. The minimum atomic E-state index is -3.72. The van der Waals surface area contributed by atoms with Crippen LogP contribution in [0.1, 0.15) is 22.3 Å². The molecule has 4 heteroatoms. The summed E-state index contributed by atoms with van der Waals surface area (Å²) in [4.78, 5) is 0. The van der Waals surface area contributed by atoms with Gasteiger partial charge in [0.15, 0.2) is 14.3 Å². The van der Waals surface area contributed by atoms with Crippen LogP contribution in [-0.2, 0) is 9.13 Å². The largest absolute Gasteiger partial charge is 0.309 e. The van der Waals surface area contributed by atoms with Gasteiger partial charge in [-0.15, -0.1) is 0 Å². The van der Waals surface area contributed by atoms with Gasteiger partial charge in [0.2, 0.25) is 0 Å². The van der Waals surface area contributed by atoms with Gasteiger partial charge in [-0.2, -0.15) is 0 Å². The average molecular weight is 759 g/mol. The molecule has 8 aromatic rings. The van der Waals surface area contributed by atoms with Crippen LogP contribution >= 0.6 is 14.3 Å². The van der Waals surface area contributed by atoms with Crippen LogP contribution in [0.3, 0.4) is 0 Å². The third-order valence-electron chi connectivity index (χ3n) is 10.1. The number of allylic oxidation sites excluding steroid dienone is 2. The molecule has 56 heavy (non-hydrogen) atoms. The Morgan fingerprint density at radius 2 is 0.411 bits per heavy atom. The van der Waals surface area contributed by atoms with Gasteiger partial charge in [0.25, 0.3) is 0 Å². The first kappa shape index (κ1) is 36.7. The predicted molar refractivity (Wildman–Crippen MR) is 239 cm³/mol. The van der Waals surface area contributed by atoms with E-state index in [1.165, 1.54) is 0 Å². The molecule has 0 heterocycles. The van der Waals surface area contributed by atoms with Crippen molar-refractivity contribution in [3.63, 3.8) is 0 Å². The first-order valence-corrected chi connectivity index (χ1v) is 22.2. The average Bonchev–Trinajstić information content (AvgIpc) is 3.29. The molecule has 0 aromatic heterocycles. The van der Waals surface area contributed by atoms with Gasteiger partial charge in [-0.3, -0.25) is 0 Å². The van der Waals surface area contributed by atoms with Crippen molar-refractivity contribution in [2.75, 3.05) is 0 Å². The fraction of sp³-hybridized carbons (Fsp3) is 0. The fourth-order valence-corrected chi connectivity index (χ4v) is 13.7. The van der Waals surface area contributed by atoms with E-state index in [4.69, 9.17) is 0 Å². The number of rotatable bonds is 11. The Balaban J connectivity index is 1.70. The van der Waals surface area contributed by atoms with Gasteiger partial charge < -0.3 is 9.13 Å². The monoisotopic (exact) mass is 758 g/mol. The fourth-order valence-electron chi connectivity index (χ4n) is 7.53. The number of hydrogen-bond donors (Lipinski definition) is 0. The van der Waals surface area contributed by atoms with Gasteiger partial charge in [-0.05, 0) is 22.3 Å². The highest BCUT2D eigenvalue weighted by Crippen LogP contribution is 2.66. The van der Waals surface area contributed by atoms with E-state index < -0.39 is 14.3 Å². The van der Waals surface area contributed by atoms with E-state index >= 15 is 9.13 Å². The molecular formula is C52H40O2P2. The van der Waals surface area contributed by atoms with Crippen molar-refractivity contribution < 1.29 is 9.13 Å². The van der Waals surface area contributed by atoms with E-state index in [2.05, 4.69) is 48.5 Å². The second-order valence-corrected chi connectivity index (χ2v) is 18.9. The molecule has 0 amide bonds. The molecule has 0 N–H and O–H groups in total. The van der Waals surface area contributed by atoms with Crippen LogP contribution in [0.25, 0.3) is 21.8 Å². The summed E-state index contributed by atoms with van der Waals surface area (Å²) in [5, 5.41) is 4.18. The predicted octanol–water partition coefficient (Wildman–Crippen LogP) is 12.2. The summed E-state index contributed by atoms with van der Waals surface area (Å²) in [6, 6.07) is 79.9. The maximum atomic E-state index is 17.1. The molecule has 0 spiro atoms. The molecule has 0 bridgehead atoms. The highest BCUT2D eigenvalue weighted by atomic mass is 31.2. The number of hydrogen-bond acceptors (Lipinski definition) is 2. The van der Waals surface area contributed by atoms with Gasteiger partial charge in [0.05, 0.1) is 0 Å². The molecule has 0 saturated carbocycles. The standard InChI is InChI=1S/C52H40O2P2/c53-55(45-33-17-5-18-34-45,46-35-19-6-20-36-46)51(43-29-13-3-14-30-43)49(41-25-9-1-10-26-41)50(42-27-11-2-12-28-42)52(44-31-15-4-16-32-44)56(54,47-37-21-7-22-38-47)48-39-23-8-24-40-48/h1-40H/b51-49-,52-50-. The van der Waals surface area contributed by atoms with E-state index in [1.54, 1.807) is 0 Å². The van der Waals surface area contributed by atoms with Gasteiger partial charge in [-0.25, -0.2) is 0 Å². The molecule has 0 atom stereocenters. The molecule has 8 rings (SSSR count). The lowest BCUT2D eigenvalue weighted by Gasteiger charge is -2.31. The quantitative estimate of drug-likeness (QED) is 0.0748. The van der Waals surface area contributed by atoms with Crippen molar-refractivity contribution in [3.05, 3.63) is 265 Å². The van der Waals surface area contributed by atoms with Crippen LogP contribution in [0.4, 0.5) is 0 Å². The van der Waals surface area contributed by atoms with Crippen LogP contribution in [0.15, 0.2) is 243 Å². The molecule has 0 aliphatic carbocycles. The smallest absolute Gasteiger partial charge is 0.172 e. The minimum absolute atomic E-state index is 0.668. The summed E-state index contributed by atoms with van der Waals surface area (Å²) in [6.07, 6.45) is 0. The van der Waals surface area contributed by atoms with Gasteiger partial charge in [-0.1, -0.05) is 243 Å².